The van der Waals surface area contributed by atoms with Crippen LogP contribution in [0, 0.1) is 11.3 Å². The van der Waals surface area contributed by atoms with Crippen molar-refractivity contribution in [2.45, 2.75) is 0 Å². The van der Waals surface area contributed by atoms with Gasteiger partial charge in [0.2, 0.25) is 0 Å². The van der Waals surface area contributed by atoms with Crippen LogP contribution >= 0.6 is 0 Å². The number of fused-ring (bicyclic) bond motifs is 3. The van der Waals surface area contributed by atoms with E-state index in [1.807, 2.05) is 18.3 Å². The summed E-state index contributed by atoms with van der Waals surface area (Å²) in [5, 5.41) is 14.7. The molecule has 3 heteroatoms. The van der Waals surface area contributed by atoms with Crippen molar-refractivity contribution < 1.29 is 4.42 Å². The van der Waals surface area contributed by atoms with E-state index in [0.717, 1.165) is 55.3 Å². The minimum atomic E-state index is 0.578. The predicted octanol–water partition coefficient (Wildman–Crippen LogP) is 7.31. The standard InChI is InChI=1S/C30H20N2O/c31-17-20-13-26(19-32-18-20)23-8-4-7-22(14-23)25-10-12-28-27-11-9-24(21-5-2-1-3-6-21)15-29(27)33-30(28)16-25/h1-16,19,32H,18H2. The number of dihydropyridines is 1. The molecule has 0 saturated carbocycles. The Morgan fingerprint density at radius 2 is 1.30 bits per heavy atom. The number of hydrogen-bond donors (Lipinski definition) is 1. The van der Waals surface area contributed by atoms with Crippen molar-refractivity contribution in [3.8, 4) is 28.3 Å². The number of furan rings is 1. The van der Waals surface area contributed by atoms with Crippen LogP contribution < -0.4 is 5.32 Å². The van der Waals surface area contributed by atoms with Gasteiger partial charge in [-0.1, -0.05) is 60.7 Å². The highest BCUT2D eigenvalue weighted by atomic mass is 16.3. The number of nitriles is 1. The maximum atomic E-state index is 9.23. The highest BCUT2D eigenvalue weighted by molar-refractivity contribution is 6.07. The normalized spacial score (nSPS) is 13.3. The van der Waals surface area contributed by atoms with Crippen LogP contribution in [0.5, 0.6) is 0 Å². The van der Waals surface area contributed by atoms with E-state index in [1.54, 1.807) is 0 Å². The zero-order chi connectivity index (χ0) is 22.2. The molecule has 0 fully saturated rings. The summed E-state index contributed by atoms with van der Waals surface area (Å²) in [6.45, 7) is 0.578. The van der Waals surface area contributed by atoms with Gasteiger partial charge in [0.05, 0.1) is 6.07 Å². The van der Waals surface area contributed by atoms with Crippen molar-refractivity contribution in [3.05, 3.63) is 114 Å². The second-order valence-electron chi connectivity index (χ2n) is 8.23. The fourth-order valence-corrected chi connectivity index (χ4v) is 4.43. The summed E-state index contributed by atoms with van der Waals surface area (Å²) in [6.07, 6.45) is 3.91. The molecule has 0 saturated heterocycles. The van der Waals surface area contributed by atoms with Gasteiger partial charge in [-0.2, -0.15) is 5.26 Å². The highest BCUT2D eigenvalue weighted by Crippen LogP contribution is 2.35. The monoisotopic (exact) mass is 424 g/mol. The maximum absolute atomic E-state index is 9.23. The first-order chi connectivity index (χ1) is 16.3. The number of nitrogens with zero attached hydrogens (tertiary/aromatic N) is 1. The molecule has 0 atom stereocenters. The second kappa shape index (κ2) is 7.85. The summed E-state index contributed by atoms with van der Waals surface area (Å²) in [4.78, 5) is 0. The summed E-state index contributed by atoms with van der Waals surface area (Å²) >= 11 is 0. The third-order valence-corrected chi connectivity index (χ3v) is 6.13. The summed E-state index contributed by atoms with van der Waals surface area (Å²) in [6, 6.07) is 33.8. The molecule has 1 aromatic heterocycles. The molecule has 1 N–H and O–H groups in total. The van der Waals surface area contributed by atoms with E-state index in [-0.39, 0.29) is 0 Å². The summed E-state index contributed by atoms with van der Waals surface area (Å²) in [5.41, 5.74) is 9.12. The topological polar surface area (TPSA) is 49.0 Å². The van der Waals surface area contributed by atoms with E-state index in [1.165, 1.54) is 5.56 Å². The molecule has 33 heavy (non-hydrogen) atoms. The minimum absolute atomic E-state index is 0.578. The SMILES string of the molecule is N#CC1=CC(c2cccc(-c3ccc4c(c3)oc3cc(-c5ccccc5)ccc34)c2)=CNC1. The molecule has 0 spiro atoms. The number of hydrogen-bond acceptors (Lipinski definition) is 3. The van der Waals surface area contributed by atoms with Crippen molar-refractivity contribution in [1.82, 2.24) is 5.32 Å². The Hall–Kier alpha value is -4.55. The van der Waals surface area contributed by atoms with Crippen LogP contribution in [-0.4, -0.2) is 6.54 Å². The van der Waals surface area contributed by atoms with Crippen LogP contribution in [0.4, 0.5) is 0 Å². The lowest BCUT2D eigenvalue weighted by molar-refractivity contribution is 0.669. The van der Waals surface area contributed by atoms with E-state index in [4.69, 9.17) is 4.42 Å². The first-order valence-corrected chi connectivity index (χ1v) is 11.0. The van der Waals surface area contributed by atoms with E-state index in [9.17, 15) is 5.26 Å². The number of rotatable bonds is 3. The Morgan fingerprint density at radius 1 is 0.667 bits per heavy atom. The van der Waals surface area contributed by atoms with Gasteiger partial charge in [-0.25, -0.2) is 0 Å². The minimum Gasteiger partial charge on any atom is -0.456 e. The van der Waals surface area contributed by atoms with Gasteiger partial charge in [0, 0.05) is 29.1 Å². The van der Waals surface area contributed by atoms with E-state index < -0.39 is 0 Å². The second-order valence-corrected chi connectivity index (χ2v) is 8.23. The zero-order valence-electron chi connectivity index (χ0n) is 17.9. The molecule has 1 aliphatic heterocycles. The van der Waals surface area contributed by atoms with Crippen LogP contribution in [0.2, 0.25) is 0 Å². The molecule has 5 aromatic rings. The highest BCUT2D eigenvalue weighted by Gasteiger charge is 2.11. The Kier molecular flexibility index (Phi) is 4.56. The Morgan fingerprint density at radius 3 is 2.03 bits per heavy atom. The average molecular weight is 425 g/mol. The number of allylic oxidation sites excluding steroid dienone is 2. The van der Waals surface area contributed by atoms with Crippen molar-refractivity contribution >= 4 is 27.5 Å². The first-order valence-electron chi connectivity index (χ1n) is 11.0. The molecule has 0 radical (unpaired) electrons. The van der Waals surface area contributed by atoms with Crippen molar-refractivity contribution in [2.75, 3.05) is 6.54 Å². The van der Waals surface area contributed by atoms with Gasteiger partial charge in [0.25, 0.3) is 0 Å². The molecule has 0 unspecified atom stereocenters. The maximum Gasteiger partial charge on any atom is 0.136 e. The van der Waals surface area contributed by atoms with E-state index >= 15 is 0 Å². The molecule has 2 heterocycles. The van der Waals surface area contributed by atoms with E-state index in [0.29, 0.717) is 6.54 Å². The Balaban J connectivity index is 1.40. The lowest BCUT2D eigenvalue weighted by Gasteiger charge is -2.12. The van der Waals surface area contributed by atoms with Crippen LogP contribution in [0.25, 0.3) is 49.8 Å². The molecule has 156 valence electrons. The lowest BCUT2D eigenvalue weighted by Crippen LogP contribution is -2.13. The van der Waals surface area contributed by atoms with E-state index in [2.05, 4.69) is 96.3 Å². The van der Waals surface area contributed by atoms with Crippen LogP contribution in [0.1, 0.15) is 5.56 Å². The van der Waals surface area contributed by atoms with Gasteiger partial charge in [-0.05, 0) is 69.8 Å². The molecule has 4 aromatic carbocycles. The molecular formula is C30H20N2O. The largest absolute Gasteiger partial charge is 0.456 e. The molecule has 0 aliphatic carbocycles. The summed E-state index contributed by atoms with van der Waals surface area (Å²) < 4.78 is 6.28. The molecule has 0 amide bonds. The summed E-state index contributed by atoms with van der Waals surface area (Å²) in [7, 11) is 0. The third-order valence-electron chi connectivity index (χ3n) is 6.13. The molecule has 3 nitrogen and oxygen atoms in total. The Bertz CT molecular complexity index is 1610. The molecule has 1 aliphatic rings. The Labute approximate surface area is 191 Å². The molecule has 6 rings (SSSR count). The fourth-order valence-electron chi connectivity index (χ4n) is 4.43. The fraction of sp³-hybridized carbons (Fsp3) is 0.0333. The molecule has 0 bridgehead atoms. The van der Waals surface area contributed by atoms with Gasteiger partial charge in [0.15, 0.2) is 0 Å². The van der Waals surface area contributed by atoms with Gasteiger partial charge in [-0.15, -0.1) is 0 Å². The average Bonchev–Trinajstić information content (AvgIpc) is 3.26. The van der Waals surface area contributed by atoms with Crippen LogP contribution in [0.15, 0.2) is 113 Å². The number of benzene rings is 4. The van der Waals surface area contributed by atoms with Crippen molar-refractivity contribution in [2.24, 2.45) is 0 Å². The lowest BCUT2D eigenvalue weighted by atomic mass is 9.96. The van der Waals surface area contributed by atoms with Crippen LogP contribution in [0.3, 0.4) is 0 Å². The smallest absolute Gasteiger partial charge is 0.136 e. The van der Waals surface area contributed by atoms with Gasteiger partial charge >= 0.3 is 0 Å². The molecular weight excluding hydrogens is 404 g/mol. The van der Waals surface area contributed by atoms with Gasteiger partial charge in [-0.3, -0.25) is 0 Å². The summed E-state index contributed by atoms with van der Waals surface area (Å²) in [5.74, 6) is 0. The zero-order valence-corrected chi connectivity index (χ0v) is 17.9. The number of nitrogens with one attached hydrogen (secondary N) is 1. The third kappa shape index (κ3) is 3.48. The van der Waals surface area contributed by atoms with Gasteiger partial charge in [0.1, 0.15) is 11.2 Å². The quantitative estimate of drug-likeness (QED) is 0.330. The van der Waals surface area contributed by atoms with Gasteiger partial charge < -0.3 is 9.73 Å². The van der Waals surface area contributed by atoms with Crippen LogP contribution in [-0.2, 0) is 0 Å². The van der Waals surface area contributed by atoms with Crippen molar-refractivity contribution in [3.63, 3.8) is 0 Å². The van der Waals surface area contributed by atoms with Crippen molar-refractivity contribution in [1.29, 1.82) is 5.26 Å². The predicted molar refractivity (Wildman–Crippen MR) is 134 cm³/mol. The first kappa shape index (κ1) is 19.2.